The summed E-state index contributed by atoms with van der Waals surface area (Å²) in [5.41, 5.74) is 2.23. The maximum atomic E-state index is 12.0. The first-order valence-corrected chi connectivity index (χ1v) is 9.11. The third-order valence-electron chi connectivity index (χ3n) is 4.22. The summed E-state index contributed by atoms with van der Waals surface area (Å²) >= 11 is 1.69. The second-order valence-electron chi connectivity index (χ2n) is 5.92. The molecule has 0 saturated carbocycles. The van der Waals surface area contributed by atoms with Crippen LogP contribution in [0.2, 0.25) is 0 Å². The summed E-state index contributed by atoms with van der Waals surface area (Å²) in [4.78, 5) is 18.1. The topological polar surface area (TPSA) is 63.2 Å². The molecule has 1 unspecified atom stereocenters. The van der Waals surface area contributed by atoms with Crippen LogP contribution in [-0.2, 0) is 11.2 Å². The molecule has 1 heterocycles. The predicted molar refractivity (Wildman–Crippen MR) is 96.5 cm³/mol. The van der Waals surface area contributed by atoms with Gasteiger partial charge in [-0.2, -0.15) is 0 Å². The Morgan fingerprint density at radius 2 is 2.17 bits per heavy atom. The Labute approximate surface area is 146 Å². The molecular weight excluding hydrogens is 322 g/mol. The second-order valence-corrected chi connectivity index (χ2v) is 6.95. The van der Waals surface area contributed by atoms with Crippen molar-refractivity contribution in [2.75, 3.05) is 20.7 Å². The van der Waals surface area contributed by atoms with Crippen molar-refractivity contribution >= 4 is 17.2 Å². The zero-order chi connectivity index (χ0) is 16.9. The van der Waals surface area contributed by atoms with Crippen LogP contribution in [0.3, 0.4) is 0 Å². The summed E-state index contributed by atoms with van der Waals surface area (Å²) in [6.45, 7) is 0.700. The SMILES string of the molecule is CNCCC(=O)NC1CCCc2nc(-c3ccc(OC)cc3)sc21. The van der Waals surface area contributed by atoms with E-state index < -0.39 is 0 Å². The van der Waals surface area contributed by atoms with E-state index in [1.807, 2.05) is 31.3 Å². The van der Waals surface area contributed by atoms with Crippen molar-refractivity contribution < 1.29 is 9.53 Å². The molecule has 5 nitrogen and oxygen atoms in total. The van der Waals surface area contributed by atoms with E-state index in [9.17, 15) is 4.79 Å². The fourth-order valence-corrected chi connectivity index (χ4v) is 4.12. The quantitative estimate of drug-likeness (QED) is 0.845. The molecule has 1 amide bonds. The predicted octanol–water partition coefficient (Wildman–Crippen LogP) is 2.92. The number of fused-ring (bicyclic) bond motifs is 1. The number of amides is 1. The van der Waals surface area contributed by atoms with E-state index in [0.717, 1.165) is 41.3 Å². The summed E-state index contributed by atoms with van der Waals surface area (Å²) in [6, 6.07) is 8.06. The zero-order valence-corrected chi connectivity index (χ0v) is 14.9. The van der Waals surface area contributed by atoms with Gasteiger partial charge in [0.2, 0.25) is 5.91 Å². The summed E-state index contributed by atoms with van der Waals surface area (Å²) < 4.78 is 5.21. The Kier molecular flexibility index (Phi) is 5.48. The maximum Gasteiger partial charge on any atom is 0.221 e. The normalized spacial score (nSPS) is 16.5. The average molecular weight is 345 g/mol. The molecule has 2 N–H and O–H groups in total. The number of benzene rings is 1. The number of rotatable bonds is 6. The minimum Gasteiger partial charge on any atom is -0.497 e. The Balaban J connectivity index is 1.78. The number of hydrogen-bond acceptors (Lipinski definition) is 5. The summed E-state index contributed by atoms with van der Waals surface area (Å²) in [7, 11) is 3.52. The van der Waals surface area contributed by atoms with Gasteiger partial charge in [0.1, 0.15) is 10.8 Å². The molecule has 1 aliphatic carbocycles. The van der Waals surface area contributed by atoms with Gasteiger partial charge in [0.05, 0.1) is 23.7 Å². The molecule has 0 bridgehead atoms. The highest BCUT2D eigenvalue weighted by Crippen LogP contribution is 2.38. The number of ether oxygens (including phenoxy) is 1. The minimum absolute atomic E-state index is 0.0987. The zero-order valence-electron chi connectivity index (χ0n) is 14.1. The van der Waals surface area contributed by atoms with E-state index in [0.29, 0.717) is 13.0 Å². The Morgan fingerprint density at radius 1 is 1.38 bits per heavy atom. The monoisotopic (exact) mass is 345 g/mol. The number of methoxy groups -OCH3 is 1. The van der Waals surface area contributed by atoms with Crippen LogP contribution in [0.25, 0.3) is 10.6 Å². The van der Waals surface area contributed by atoms with Gasteiger partial charge in [0.15, 0.2) is 0 Å². The fourth-order valence-electron chi connectivity index (χ4n) is 2.92. The number of hydrogen-bond donors (Lipinski definition) is 2. The molecule has 24 heavy (non-hydrogen) atoms. The lowest BCUT2D eigenvalue weighted by Gasteiger charge is -2.22. The number of thiazole rings is 1. The Hall–Kier alpha value is -1.92. The molecule has 0 saturated heterocycles. The van der Waals surface area contributed by atoms with Gasteiger partial charge in [-0.25, -0.2) is 4.98 Å². The molecule has 2 aromatic rings. The fraction of sp³-hybridized carbons (Fsp3) is 0.444. The molecule has 0 fully saturated rings. The molecule has 1 aliphatic rings. The average Bonchev–Trinajstić information content (AvgIpc) is 3.05. The van der Waals surface area contributed by atoms with Crippen molar-refractivity contribution in [1.82, 2.24) is 15.6 Å². The first-order chi connectivity index (χ1) is 11.7. The Bertz CT molecular complexity index is 697. The number of carbonyl (C=O) groups excluding carboxylic acids is 1. The molecule has 128 valence electrons. The van der Waals surface area contributed by atoms with Crippen molar-refractivity contribution in [2.24, 2.45) is 0 Å². The van der Waals surface area contributed by atoms with Crippen molar-refractivity contribution in [3.63, 3.8) is 0 Å². The van der Waals surface area contributed by atoms with Crippen LogP contribution in [0.1, 0.15) is 35.9 Å². The Morgan fingerprint density at radius 3 is 2.88 bits per heavy atom. The third kappa shape index (κ3) is 3.76. The number of nitrogens with zero attached hydrogens (tertiary/aromatic N) is 1. The van der Waals surface area contributed by atoms with Gasteiger partial charge in [-0.15, -0.1) is 11.3 Å². The molecule has 3 rings (SSSR count). The van der Waals surface area contributed by atoms with Crippen LogP contribution in [0.15, 0.2) is 24.3 Å². The van der Waals surface area contributed by atoms with Crippen LogP contribution in [0.5, 0.6) is 5.75 Å². The number of aromatic nitrogens is 1. The smallest absolute Gasteiger partial charge is 0.221 e. The molecule has 6 heteroatoms. The molecule has 1 atom stereocenters. The van der Waals surface area contributed by atoms with E-state index in [-0.39, 0.29) is 11.9 Å². The van der Waals surface area contributed by atoms with Gasteiger partial charge >= 0.3 is 0 Å². The highest BCUT2D eigenvalue weighted by atomic mass is 32.1. The van der Waals surface area contributed by atoms with Crippen molar-refractivity contribution in [3.8, 4) is 16.3 Å². The largest absolute Gasteiger partial charge is 0.497 e. The molecule has 1 aromatic carbocycles. The van der Waals surface area contributed by atoms with E-state index in [4.69, 9.17) is 9.72 Å². The van der Waals surface area contributed by atoms with Crippen LogP contribution in [-0.4, -0.2) is 31.6 Å². The van der Waals surface area contributed by atoms with Gasteiger partial charge in [0, 0.05) is 18.5 Å². The van der Waals surface area contributed by atoms with Gasteiger partial charge in [-0.3, -0.25) is 4.79 Å². The van der Waals surface area contributed by atoms with E-state index >= 15 is 0 Å². The van der Waals surface area contributed by atoms with E-state index in [1.165, 1.54) is 4.88 Å². The molecule has 0 aliphatic heterocycles. The summed E-state index contributed by atoms with van der Waals surface area (Å²) in [6.07, 6.45) is 3.55. The van der Waals surface area contributed by atoms with Gasteiger partial charge in [0.25, 0.3) is 0 Å². The van der Waals surface area contributed by atoms with Gasteiger partial charge < -0.3 is 15.4 Å². The van der Waals surface area contributed by atoms with E-state index in [1.54, 1.807) is 18.4 Å². The summed E-state index contributed by atoms with van der Waals surface area (Å²) in [5.74, 6) is 0.941. The van der Waals surface area contributed by atoms with Gasteiger partial charge in [-0.1, -0.05) is 0 Å². The number of nitrogens with one attached hydrogen (secondary N) is 2. The van der Waals surface area contributed by atoms with Crippen LogP contribution >= 0.6 is 11.3 Å². The third-order valence-corrected chi connectivity index (χ3v) is 5.49. The van der Waals surface area contributed by atoms with E-state index in [2.05, 4.69) is 10.6 Å². The lowest BCUT2D eigenvalue weighted by Crippen LogP contribution is -2.31. The van der Waals surface area contributed by atoms with Crippen LogP contribution < -0.4 is 15.4 Å². The lowest BCUT2D eigenvalue weighted by molar-refractivity contribution is -0.121. The first kappa shape index (κ1) is 16.9. The number of aryl methyl sites for hydroxylation is 1. The first-order valence-electron chi connectivity index (χ1n) is 8.29. The van der Waals surface area contributed by atoms with Crippen LogP contribution in [0, 0.1) is 0 Å². The van der Waals surface area contributed by atoms with Crippen LogP contribution in [0.4, 0.5) is 0 Å². The lowest BCUT2D eigenvalue weighted by atomic mass is 9.98. The van der Waals surface area contributed by atoms with Gasteiger partial charge in [-0.05, 0) is 50.6 Å². The summed E-state index contributed by atoms with van der Waals surface area (Å²) in [5, 5.41) is 7.19. The highest BCUT2D eigenvalue weighted by Gasteiger charge is 2.26. The molecule has 0 spiro atoms. The molecule has 1 aromatic heterocycles. The second kappa shape index (κ2) is 7.77. The maximum absolute atomic E-state index is 12.0. The van der Waals surface area contributed by atoms with Crippen molar-refractivity contribution in [1.29, 1.82) is 0 Å². The van der Waals surface area contributed by atoms with Crippen molar-refractivity contribution in [2.45, 2.75) is 31.7 Å². The highest BCUT2D eigenvalue weighted by molar-refractivity contribution is 7.15. The molecular formula is C18H23N3O2S. The standard InChI is InChI=1S/C18H23N3O2S/c1-19-11-10-16(22)20-14-4-3-5-15-17(14)24-18(21-15)12-6-8-13(23-2)9-7-12/h6-9,14,19H,3-5,10-11H2,1-2H3,(H,20,22). The number of carbonyl (C=O) groups is 1. The van der Waals surface area contributed by atoms with Crippen molar-refractivity contribution in [3.05, 3.63) is 34.8 Å². The molecule has 0 radical (unpaired) electrons. The minimum atomic E-state index is 0.0987.